The molecule has 10 heteroatoms. The van der Waals surface area contributed by atoms with Crippen LogP contribution in [0.25, 0.3) is 0 Å². The Morgan fingerprint density at radius 2 is 1.88 bits per heavy atom. The monoisotopic (exact) mass is 375 g/mol. The van der Waals surface area contributed by atoms with Crippen molar-refractivity contribution in [3.05, 3.63) is 29.8 Å². The van der Waals surface area contributed by atoms with Crippen molar-refractivity contribution in [2.45, 2.75) is 38.8 Å². The molecule has 1 aromatic rings. The quantitative estimate of drug-likeness (QED) is 0.439. The number of hydrogen-bond acceptors (Lipinski definition) is 5. The summed E-state index contributed by atoms with van der Waals surface area (Å²) in [5.41, 5.74) is 5.96. The number of amides is 1. The molecule has 0 saturated carbocycles. The molecule has 5 N–H and O–H groups in total. The summed E-state index contributed by atoms with van der Waals surface area (Å²) in [6.45, 7) is 5.22. The Balaban J connectivity index is 2.75. The van der Waals surface area contributed by atoms with E-state index in [0.29, 0.717) is 6.42 Å². The molecule has 0 fully saturated rings. The molecule has 0 bridgehead atoms. The first-order chi connectivity index (χ1) is 10.9. The molecule has 0 saturated heterocycles. The van der Waals surface area contributed by atoms with Crippen molar-refractivity contribution in [3.63, 3.8) is 0 Å². The summed E-state index contributed by atoms with van der Waals surface area (Å²) in [7, 11) is -4.32. The zero-order valence-corrected chi connectivity index (χ0v) is 15.2. The van der Waals surface area contributed by atoms with Gasteiger partial charge in [0.15, 0.2) is 0 Å². The van der Waals surface area contributed by atoms with Gasteiger partial charge in [0.05, 0.1) is 16.7 Å². The Morgan fingerprint density at radius 3 is 2.29 bits per heavy atom. The molecule has 0 spiro atoms. The van der Waals surface area contributed by atoms with Gasteiger partial charge in [-0.05, 0) is 44.9 Å². The van der Waals surface area contributed by atoms with Crippen LogP contribution in [0, 0.1) is 0 Å². The molecule has 0 radical (unpaired) electrons. The van der Waals surface area contributed by atoms with Gasteiger partial charge < -0.3 is 15.8 Å². The van der Waals surface area contributed by atoms with Crippen molar-refractivity contribution >= 4 is 39.3 Å². The van der Waals surface area contributed by atoms with E-state index in [1.807, 2.05) is 4.72 Å². The molecule has 0 aliphatic carbocycles. The number of nitrogens with two attached hydrogens (primary N) is 1. The van der Waals surface area contributed by atoms with Gasteiger partial charge in [-0.1, -0.05) is 24.4 Å². The van der Waals surface area contributed by atoms with Gasteiger partial charge in [0.1, 0.15) is 5.60 Å². The Bertz CT molecular complexity index is 696. The van der Waals surface area contributed by atoms with Gasteiger partial charge in [-0.3, -0.25) is 9.27 Å². The third-order valence-corrected chi connectivity index (χ3v) is 3.45. The summed E-state index contributed by atoms with van der Waals surface area (Å²) in [5.74, 6) is 0. The molecule has 0 aliphatic heterocycles. The maximum absolute atomic E-state index is 11.8. The molecule has 0 unspecified atom stereocenters. The van der Waals surface area contributed by atoms with Crippen LogP contribution < -0.4 is 15.8 Å². The van der Waals surface area contributed by atoms with Gasteiger partial charge >= 0.3 is 16.4 Å². The van der Waals surface area contributed by atoms with E-state index in [4.69, 9.17) is 27.2 Å². The van der Waals surface area contributed by atoms with E-state index in [1.165, 1.54) is 12.1 Å². The van der Waals surface area contributed by atoms with Crippen molar-refractivity contribution in [1.29, 1.82) is 0 Å². The molecule has 24 heavy (non-hydrogen) atoms. The Labute approximate surface area is 146 Å². The summed E-state index contributed by atoms with van der Waals surface area (Å²) >= 11 is 4.96. The molecule has 0 aliphatic rings. The topological polar surface area (TPSA) is 131 Å². The average molecular weight is 375 g/mol. The van der Waals surface area contributed by atoms with E-state index in [0.717, 1.165) is 5.56 Å². The second-order valence-corrected chi connectivity index (χ2v) is 7.71. The van der Waals surface area contributed by atoms with Gasteiger partial charge in [0.25, 0.3) is 0 Å². The number of ether oxygens (including phenoxy) is 1. The SMILES string of the molecule is CC(C)(C)OC(=O)N[C@@H](Cc1ccc(NS(=O)(=O)O)cc1)C(N)=S. The lowest BCUT2D eigenvalue weighted by Gasteiger charge is -2.23. The second-order valence-electron chi connectivity index (χ2n) is 6.08. The number of anilines is 1. The highest BCUT2D eigenvalue weighted by molar-refractivity contribution is 7.87. The van der Waals surface area contributed by atoms with E-state index < -0.39 is 28.0 Å². The summed E-state index contributed by atoms with van der Waals surface area (Å²) in [6, 6.07) is 5.56. The normalized spacial score (nSPS) is 13.0. The Morgan fingerprint density at radius 1 is 1.33 bits per heavy atom. The lowest BCUT2D eigenvalue weighted by Crippen LogP contribution is -2.46. The van der Waals surface area contributed by atoms with Gasteiger partial charge in [0, 0.05) is 0 Å². The minimum absolute atomic E-state index is 0.0981. The molecular formula is C14H21N3O5S2. The third kappa shape index (κ3) is 8.09. The number of rotatable bonds is 6. The number of carbonyl (C=O) groups is 1. The zero-order chi connectivity index (χ0) is 18.5. The van der Waals surface area contributed by atoms with Crippen LogP contribution in [0.5, 0.6) is 0 Å². The van der Waals surface area contributed by atoms with Crippen LogP contribution in [0.4, 0.5) is 10.5 Å². The van der Waals surface area contributed by atoms with Crippen molar-refractivity contribution in [3.8, 4) is 0 Å². The molecule has 8 nitrogen and oxygen atoms in total. The zero-order valence-electron chi connectivity index (χ0n) is 13.6. The van der Waals surface area contributed by atoms with Gasteiger partial charge in [-0.25, -0.2) is 4.79 Å². The van der Waals surface area contributed by atoms with E-state index in [2.05, 4.69) is 5.32 Å². The number of hydrogen-bond donors (Lipinski definition) is 4. The maximum Gasteiger partial charge on any atom is 0.408 e. The standard InChI is InChI=1S/C14H21N3O5S2/c1-14(2,3)22-13(18)16-11(12(15)23)8-9-4-6-10(7-5-9)17-24(19,20)21/h4-7,11,17H,8H2,1-3H3,(H2,15,23)(H,16,18)(H,19,20,21)/t11-/m0/s1. The lowest BCUT2D eigenvalue weighted by molar-refractivity contribution is 0.0518. The fourth-order valence-electron chi connectivity index (χ4n) is 1.77. The van der Waals surface area contributed by atoms with Crippen molar-refractivity contribution in [1.82, 2.24) is 5.32 Å². The van der Waals surface area contributed by atoms with Crippen LogP contribution in [0.1, 0.15) is 26.3 Å². The van der Waals surface area contributed by atoms with Crippen LogP contribution in [0.3, 0.4) is 0 Å². The largest absolute Gasteiger partial charge is 0.444 e. The second kappa shape index (κ2) is 7.77. The predicted molar refractivity (Wildman–Crippen MR) is 95.3 cm³/mol. The first kappa shape index (κ1) is 20.1. The van der Waals surface area contributed by atoms with Crippen molar-refractivity contribution in [2.75, 3.05) is 4.72 Å². The molecule has 1 rings (SSSR count). The molecule has 1 atom stereocenters. The summed E-state index contributed by atoms with van der Waals surface area (Å²) in [6.07, 6.45) is -0.328. The van der Waals surface area contributed by atoms with E-state index in [-0.39, 0.29) is 10.7 Å². The van der Waals surface area contributed by atoms with Gasteiger partial charge in [0.2, 0.25) is 0 Å². The van der Waals surface area contributed by atoms with Crippen LogP contribution in [-0.4, -0.2) is 35.7 Å². The third-order valence-electron chi connectivity index (χ3n) is 2.67. The summed E-state index contributed by atoms with van der Waals surface area (Å²) in [4.78, 5) is 11.9. The first-order valence-corrected chi connectivity index (χ1v) is 8.83. The molecule has 0 aromatic heterocycles. The Hall–Kier alpha value is -1.91. The smallest absolute Gasteiger partial charge is 0.408 e. The lowest BCUT2D eigenvalue weighted by atomic mass is 10.1. The number of alkyl carbamates (subject to hydrolysis) is 1. The number of benzene rings is 1. The average Bonchev–Trinajstić information content (AvgIpc) is 2.36. The molecule has 1 amide bonds. The van der Waals surface area contributed by atoms with E-state index >= 15 is 0 Å². The fraction of sp³-hybridized carbons (Fsp3) is 0.429. The van der Waals surface area contributed by atoms with Crippen molar-refractivity contribution < 1.29 is 22.5 Å². The first-order valence-electron chi connectivity index (χ1n) is 6.99. The predicted octanol–water partition coefficient (Wildman–Crippen LogP) is 1.62. The molecule has 1 aromatic carbocycles. The van der Waals surface area contributed by atoms with Crippen LogP contribution in [0.2, 0.25) is 0 Å². The number of nitrogens with one attached hydrogen (secondary N) is 2. The highest BCUT2D eigenvalue weighted by atomic mass is 32.2. The summed E-state index contributed by atoms with van der Waals surface area (Å²) < 4.78 is 37.3. The van der Waals surface area contributed by atoms with Crippen LogP contribution >= 0.6 is 12.2 Å². The highest BCUT2D eigenvalue weighted by Crippen LogP contribution is 2.13. The Kier molecular flexibility index (Phi) is 6.52. The minimum atomic E-state index is -4.32. The van der Waals surface area contributed by atoms with Gasteiger partial charge in [-0.2, -0.15) is 8.42 Å². The fourth-order valence-corrected chi connectivity index (χ4v) is 2.34. The van der Waals surface area contributed by atoms with Gasteiger partial charge in [-0.15, -0.1) is 0 Å². The van der Waals surface area contributed by atoms with E-state index in [9.17, 15) is 13.2 Å². The molecular weight excluding hydrogens is 354 g/mol. The number of thiocarbonyl (C=S) groups is 1. The highest BCUT2D eigenvalue weighted by Gasteiger charge is 2.21. The number of carbonyl (C=O) groups excluding carboxylic acids is 1. The van der Waals surface area contributed by atoms with Crippen LogP contribution in [-0.2, 0) is 21.5 Å². The molecule has 0 heterocycles. The van der Waals surface area contributed by atoms with E-state index in [1.54, 1.807) is 32.9 Å². The van der Waals surface area contributed by atoms with Crippen molar-refractivity contribution in [2.24, 2.45) is 5.73 Å². The maximum atomic E-state index is 11.8. The minimum Gasteiger partial charge on any atom is -0.444 e. The van der Waals surface area contributed by atoms with Crippen LogP contribution in [0.15, 0.2) is 24.3 Å². The molecule has 134 valence electrons. The summed E-state index contributed by atoms with van der Waals surface area (Å²) in [5, 5.41) is 2.60.